The number of carbonyl (C=O) groups excluding carboxylic acids is 2. The van der Waals surface area contributed by atoms with E-state index in [4.69, 9.17) is 4.74 Å². The Bertz CT molecular complexity index is 941. The summed E-state index contributed by atoms with van der Waals surface area (Å²) in [7, 11) is 1.31. The van der Waals surface area contributed by atoms with Gasteiger partial charge in [-0.1, -0.05) is 12.1 Å². The molecule has 3 N–H and O–H groups in total. The van der Waals surface area contributed by atoms with Crippen molar-refractivity contribution in [2.45, 2.75) is 43.5 Å². The van der Waals surface area contributed by atoms with E-state index < -0.39 is 29.9 Å². The fourth-order valence-electron chi connectivity index (χ4n) is 3.11. The third-order valence-corrected chi connectivity index (χ3v) is 5.05. The van der Waals surface area contributed by atoms with Gasteiger partial charge in [0, 0.05) is 32.0 Å². The van der Waals surface area contributed by atoms with Crippen LogP contribution in [0.3, 0.4) is 0 Å². The molecule has 2 aromatic rings. The van der Waals surface area contributed by atoms with Gasteiger partial charge in [-0.3, -0.25) is 9.59 Å². The number of benzene rings is 1. The van der Waals surface area contributed by atoms with Crippen LogP contribution in [0.4, 0.5) is 13.2 Å². The lowest BCUT2D eigenvalue weighted by atomic mass is 9.97. The topological polar surface area (TPSA) is 105 Å². The lowest BCUT2D eigenvalue weighted by Crippen LogP contribution is -2.48. The molecule has 32 heavy (non-hydrogen) atoms. The number of amides is 2. The van der Waals surface area contributed by atoms with E-state index in [-0.39, 0.29) is 25.1 Å². The Morgan fingerprint density at radius 1 is 1.22 bits per heavy atom. The minimum atomic E-state index is -5.07. The van der Waals surface area contributed by atoms with Gasteiger partial charge in [0.25, 0.3) is 5.91 Å². The molecule has 1 heterocycles. The van der Waals surface area contributed by atoms with Crippen molar-refractivity contribution in [3.05, 3.63) is 48.0 Å². The summed E-state index contributed by atoms with van der Waals surface area (Å²) in [4.78, 5) is 27.3. The third-order valence-electron chi connectivity index (χ3n) is 5.05. The lowest BCUT2D eigenvalue weighted by Gasteiger charge is -2.29. The molecular formula is C21H25F3N4O4. The van der Waals surface area contributed by atoms with Crippen LogP contribution in [0.15, 0.2) is 36.7 Å². The van der Waals surface area contributed by atoms with Crippen LogP contribution in [-0.2, 0) is 28.7 Å². The van der Waals surface area contributed by atoms with E-state index >= 15 is 0 Å². The van der Waals surface area contributed by atoms with Crippen molar-refractivity contribution in [3.8, 4) is 5.75 Å². The van der Waals surface area contributed by atoms with Crippen molar-refractivity contribution >= 4 is 11.8 Å². The largest absolute Gasteiger partial charge is 0.484 e. The number of aromatic nitrogens is 2. The van der Waals surface area contributed by atoms with Crippen molar-refractivity contribution in [2.24, 2.45) is 7.05 Å². The number of imidazole rings is 1. The fraction of sp³-hybridized carbons (Fsp3) is 0.476. The maximum Gasteiger partial charge on any atom is 0.425 e. The van der Waals surface area contributed by atoms with Gasteiger partial charge in [-0.05, 0) is 37.0 Å². The monoisotopic (exact) mass is 454 g/mol. The van der Waals surface area contributed by atoms with Crippen LogP contribution < -0.4 is 15.4 Å². The Kier molecular flexibility index (Phi) is 7.07. The number of rotatable bonds is 10. The molecule has 2 amide bonds. The molecule has 0 aliphatic heterocycles. The molecule has 1 aliphatic carbocycles. The molecule has 0 bridgehead atoms. The third kappa shape index (κ3) is 6.00. The first-order chi connectivity index (χ1) is 15.1. The Labute approximate surface area is 182 Å². The number of nitrogens with zero attached hydrogens (tertiary/aromatic N) is 2. The van der Waals surface area contributed by atoms with Gasteiger partial charge >= 0.3 is 6.18 Å². The molecule has 3 rings (SSSR count). The zero-order chi connectivity index (χ0) is 23.4. The standard InChI is InChI=1S/C21H25F3N4O4/c1-28-11-10-26-19(28)20(31,21(22,23)24)12-17(29)25-9-8-14-2-6-16(7-3-14)32-13-18(30)27-15-4-5-15/h2-3,6-7,10-11,15,31H,4-5,8-9,12-13H2,1H3,(H,25,29)(H,27,30). The van der Waals surface area contributed by atoms with E-state index in [9.17, 15) is 27.9 Å². The number of carbonyl (C=O) groups is 2. The van der Waals surface area contributed by atoms with E-state index in [1.807, 2.05) is 0 Å². The number of halogens is 3. The highest BCUT2D eigenvalue weighted by molar-refractivity contribution is 5.78. The Morgan fingerprint density at radius 2 is 1.91 bits per heavy atom. The number of hydrogen-bond acceptors (Lipinski definition) is 5. The number of alkyl halides is 3. The van der Waals surface area contributed by atoms with Crippen molar-refractivity contribution in [2.75, 3.05) is 13.2 Å². The second kappa shape index (κ2) is 9.60. The van der Waals surface area contributed by atoms with Crippen molar-refractivity contribution < 1.29 is 32.6 Å². The molecule has 174 valence electrons. The van der Waals surface area contributed by atoms with Gasteiger partial charge in [-0.25, -0.2) is 4.98 Å². The summed E-state index contributed by atoms with van der Waals surface area (Å²) in [5, 5.41) is 15.4. The van der Waals surface area contributed by atoms with E-state index in [1.165, 1.54) is 13.2 Å². The summed E-state index contributed by atoms with van der Waals surface area (Å²) >= 11 is 0. The zero-order valence-electron chi connectivity index (χ0n) is 17.5. The average Bonchev–Trinajstić information content (AvgIpc) is 3.42. The zero-order valence-corrected chi connectivity index (χ0v) is 17.5. The lowest BCUT2D eigenvalue weighted by molar-refractivity contribution is -0.271. The van der Waals surface area contributed by atoms with E-state index in [0.717, 1.165) is 29.2 Å². The molecule has 8 nitrogen and oxygen atoms in total. The van der Waals surface area contributed by atoms with Gasteiger partial charge in [0.15, 0.2) is 12.4 Å². The highest BCUT2D eigenvalue weighted by Crippen LogP contribution is 2.40. The van der Waals surface area contributed by atoms with Gasteiger partial charge in [-0.2, -0.15) is 13.2 Å². The number of aliphatic hydroxyl groups is 1. The van der Waals surface area contributed by atoms with Crippen LogP contribution in [0.5, 0.6) is 5.75 Å². The first kappa shape index (κ1) is 23.6. The van der Waals surface area contributed by atoms with Crippen LogP contribution in [0.2, 0.25) is 0 Å². The summed E-state index contributed by atoms with van der Waals surface area (Å²) in [6.45, 7) is 0.00134. The van der Waals surface area contributed by atoms with Crippen LogP contribution >= 0.6 is 0 Å². The van der Waals surface area contributed by atoms with Crippen molar-refractivity contribution in [1.82, 2.24) is 20.2 Å². The Balaban J connectivity index is 1.46. The van der Waals surface area contributed by atoms with Crippen molar-refractivity contribution in [3.63, 3.8) is 0 Å². The molecule has 1 aromatic heterocycles. The summed E-state index contributed by atoms with van der Waals surface area (Å²) < 4.78 is 46.9. The van der Waals surface area contributed by atoms with Gasteiger partial charge in [0.05, 0.1) is 6.42 Å². The molecular weight excluding hydrogens is 429 g/mol. The Hall–Kier alpha value is -3.08. The van der Waals surface area contributed by atoms with Gasteiger partial charge in [-0.15, -0.1) is 0 Å². The van der Waals surface area contributed by atoms with Gasteiger partial charge in [0.1, 0.15) is 5.75 Å². The maximum atomic E-state index is 13.5. The van der Waals surface area contributed by atoms with E-state index in [0.29, 0.717) is 12.2 Å². The highest BCUT2D eigenvalue weighted by atomic mass is 19.4. The number of aryl methyl sites for hydroxylation is 1. The Morgan fingerprint density at radius 3 is 2.47 bits per heavy atom. The first-order valence-corrected chi connectivity index (χ1v) is 10.1. The molecule has 1 fully saturated rings. The summed E-state index contributed by atoms with van der Waals surface area (Å²) in [6.07, 6.45) is -1.54. The molecule has 0 saturated heterocycles. The summed E-state index contributed by atoms with van der Waals surface area (Å²) in [6, 6.07) is 7.08. The van der Waals surface area contributed by atoms with Gasteiger partial charge in [0.2, 0.25) is 11.5 Å². The molecule has 1 unspecified atom stereocenters. The normalized spacial score (nSPS) is 15.7. The average molecular weight is 454 g/mol. The molecule has 0 radical (unpaired) electrons. The minimum Gasteiger partial charge on any atom is -0.484 e. The maximum absolute atomic E-state index is 13.5. The summed E-state index contributed by atoms with van der Waals surface area (Å²) in [5.41, 5.74) is -2.57. The summed E-state index contributed by atoms with van der Waals surface area (Å²) in [5.74, 6) is -1.27. The first-order valence-electron chi connectivity index (χ1n) is 10.1. The predicted molar refractivity (Wildman–Crippen MR) is 108 cm³/mol. The molecule has 1 atom stereocenters. The quantitative estimate of drug-likeness (QED) is 0.506. The molecule has 11 heteroatoms. The molecule has 1 saturated carbocycles. The number of nitrogens with one attached hydrogen (secondary N) is 2. The van der Waals surface area contributed by atoms with Crippen LogP contribution in [-0.4, -0.2) is 51.8 Å². The minimum absolute atomic E-state index is 0.0793. The highest BCUT2D eigenvalue weighted by Gasteiger charge is 2.58. The predicted octanol–water partition coefficient (Wildman–Crippen LogP) is 1.58. The van der Waals surface area contributed by atoms with Gasteiger partial charge < -0.3 is 25.0 Å². The van der Waals surface area contributed by atoms with Crippen LogP contribution in [0.1, 0.15) is 30.7 Å². The van der Waals surface area contributed by atoms with Crippen LogP contribution in [0, 0.1) is 0 Å². The second-order valence-corrected chi connectivity index (χ2v) is 7.77. The molecule has 0 spiro atoms. The van der Waals surface area contributed by atoms with E-state index in [1.54, 1.807) is 24.3 Å². The smallest absolute Gasteiger partial charge is 0.425 e. The number of ether oxygens (including phenoxy) is 1. The number of hydrogen-bond donors (Lipinski definition) is 3. The molecule has 1 aliphatic rings. The van der Waals surface area contributed by atoms with Crippen molar-refractivity contribution in [1.29, 1.82) is 0 Å². The second-order valence-electron chi connectivity index (χ2n) is 7.77. The van der Waals surface area contributed by atoms with E-state index in [2.05, 4.69) is 15.6 Å². The fourth-order valence-corrected chi connectivity index (χ4v) is 3.11. The SMILES string of the molecule is Cn1ccnc1C(O)(CC(=O)NCCc1ccc(OCC(=O)NC2CC2)cc1)C(F)(F)F. The molecule has 1 aromatic carbocycles. The van der Waals surface area contributed by atoms with Crippen LogP contribution in [0.25, 0.3) is 0 Å².